The number of nitrogens with one attached hydrogen (secondary N) is 2. The molecule has 0 bridgehead atoms. The van der Waals surface area contributed by atoms with Gasteiger partial charge in [0.2, 0.25) is 5.96 Å². The van der Waals surface area contributed by atoms with E-state index in [0.717, 1.165) is 61.1 Å². The van der Waals surface area contributed by atoms with Gasteiger partial charge in [0.1, 0.15) is 0 Å². The van der Waals surface area contributed by atoms with Crippen molar-refractivity contribution in [3.63, 3.8) is 0 Å². The van der Waals surface area contributed by atoms with Gasteiger partial charge in [-0.1, -0.05) is 70.8 Å². The van der Waals surface area contributed by atoms with Crippen molar-refractivity contribution in [3.8, 4) is 0 Å². The lowest BCUT2D eigenvalue weighted by Crippen LogP contribution is -2.45. The minimum Gasteiger partial charge on any atom is -0.481 e. The number of carboxylic acid groups (broad SMARTS) is 1. The van der Waals surface area contributed by atoms with E-state index in [0.29, 0.717) is 19.5 Å². The Morgan fingerprint density at radius 3 is 2.10 bits per heavy atom. The number of unbranched alkanes of at least 4 members (excludes halogenated alkanes) is 1. The van der Waals surface area contributed by atoms with Gasteiger partial charge in [0.15, 0.2) is 0 Å². The first-order valence-corrected chi connectivity index (χ1v) is 17.3. The minimum absolute atomic E-state index is 0.0851. The van der Waals surface area contributed by atoms with E-state index in [9.17, 15) is 36.2 Å². The summed E-state index contributed by atoms with van der Waals surface area (Å²) >= 11 is 0. The maximum Gasteiger partial charge on any atom is 0.416 e. The molecule has 0 aromatic heterocycles. The van der Waals surface area contributed by atoms with Gasteiger partial charge in [-0.3, -0.25) is 10.2 Å². The molecule has 1 aliphatic carbocycles. The van der Waals surface area contributed by atoms with Crippen LogP contribution in [-0.4, -0.2) is 58.6 Å². The van der Waals surface area contributed by atoms with E-state index < -0.39 is 29.4 Å². The SMILES string of the molecule is CC.CCCC1=C(C)C=C(CN(Cc2cc(C(F)(F)F)cc(C(F)(F)F)c2)C2=NNN(C)N2)C(N(CC)CCCCC(C)(C)CC(=O)O)=CC1. The number of nitrogens with zero attached hydrogens (tertiary/aromatic N) is 4. The summed E-state index contributed by atoms with van der Waals surface area (Å²) in [6.45, 7) is 15.3. The number of alkyl halides is 6. The first-order chi connectivity index (χ1) is 23.3. The van der Waals surface area contributed by atoms with Crippen molar-refractivity contribution in [3.05, 3.63) is 69.5 Å². The second-order valence-corrected chi connectivity index (χ2v) is 13.2. The summed E-state index contributed by atoms with van der Waals surface area (Å²) in [6, 6.07) is 1.64. The molecule has 50 heavy (non-hydrogen) atoms. The number of benzene rings is 1. The highest BCUT2D eigenvalue weighted by Gasteiger charge is 2.37. The van der Waals surface area contributed by atoms with Gasteiger partial charge in [-0.15, -0.1) is 10.2 Å². The van der Waals surface area contributed by atoms with Crippen molar-refractivity contribution in [2.75, 3.05) is 26.7 Å². The summed E-state index contributed by atoms with van der Waals surface area (Å²) in [5.74, 6) is -0.585. The highest BCUT2D eigenvalue weighted by atomic mass is 19.4. The molecule has 8 nitrogen and oxygen atoms in total. The fourth-order valence-electron chi connectivity index (χ4n) is 6.07. The van der Waals surface area contributed by atoms with Gasteiger partial charge in [0, 0.05) is 38.9 Å². The Labute approximate surface area is 292 Å². The van der Waals surface area contributed by atoms with E-state index in [2.05, 4.69) is 40.0 Å². The second kappa shape index (κ2) is 18.5. The van der Waals surface area contributed by atoms with Crippen molar-refractivity contribution in [1.29, 1.82) is 0 Å². The molecule has 0 saturated heterocycles. The van der Waals surface area contributed by atoms with Crippen LogP contribution in [0.5, 0.6) is 0 Å². The van der Waals surface area contributed by atoms with Gasteiger partial charge in [0.25, 0.3) is 0 Å². The van der Waals surface area contributed by atoms with Gasteiger partial charge in [0.05, 0.1) is 17.5 Å². The molecule has 1 heterocycles. The van der Waals surface area contributed by atoms with Crippen LogP contribution in [0.15, 0.2) is 57.9 Å². The molecule has 14 heteroatoms. The minimum atomic E-state index is -4.96. The fourth-order valence-corrected chi connectivity index (χ4v) is 6.07. The molecule has 0 spiro atoms. The standard InChI is InChI=1S/C34H48F6N6O2.C2H6/c1-7-11-25-12-13-29(45(8-2)15-10-9-14-32(4,5)20-30(47)48)26(16-23(25)3)22-46(31-41-43-44(6)42-31)21-24-17-27(33(35,36)37)19-28(18-24)34(38,39)40;1-2/h13,16-19,43H,7-12,14-15,20-22H2,1-6H3,(H,41,42)(H,47,48);1-2H3. The van der Waals surface area contributed by atoms with E-state index >= 15 is 0 Å². The van der Waals surface area contributed by atoms with Crippen molar-refractivity contribution in [2.45, 2.75) is 112 Å². The van der Waals surface area contributed by atoms with Crippen LogP contribution in [0.3, 0.4) is 0 Å². The summed E-state index contributed by atoms with van der Waals surface area (Å²) in [7, 11) is 1.64. The third kappa shape index (κ3) is 12.9. The summed E-state index contributed by atoms with van der Waals surface area (Å²) in [5, 5.41) is 14.9. The van der Waals surface area contributed by atoms with Crippen molar-refractivity contribution >= 4 is 11.9 Å². The molecule has 3 N–H and O–H groups in total. The van der Waals surface area contributed by atoms with E-state index in [-0.39, 0.29) is 42.5 Å². The Bertz CT molecular complexity index is 1380. The third-order valence-corrected chi connectivity index (χ3v) is 8.51. The molecule has 0 saturated carbocycles. The lowest BCUT2D eigenvalue weighted by Gasteiger charge is -2.32. The smallest absolute Gasteiger partial charge is 0.416 e. The number of hydrazone groups is 1. The lowest BCUT2D eigenvalue weighted by molar-refractivity contribution is -0.143. The second-order valence-electron chi connectivity index (χ2n) is 13.2. The summed E-state index contributed by atoms with van der Waals surface area (Å²) in [5.41, 5.74) is 6.57. The summed E-state index contributed by atoms with van der Waals surface area (Å²) in [6.07, 6.45) is -0.691. The van der Waals surface area contributed by atoms with Crippen molar-refractivity contribution in [1.82, 2.24) is 25.9 Å². The van der Waals surface area contributed by atoms with Crippen LogP contribution in [-0.2, 0) is 23.7 Å². The molecule has 1 aliphatic heterocycles. The quantitative estimate of drug-likeness (QED) is 0.123. The molecular weight excluding hydrogens is 662 g/mol. The first kappa shape index (κ1) is 42.5. The molecular formula is C36H54F6N6O2. The topological polar surface area (TPSA) is 83.4 Å². The van der Waals surface area contributed by atoms with Crippen LogP contribution in [0.25, 0.3) is 0 Å². The number of carbonyl (C=O) groups is 1. The van der Waals surface area contributed by atoms with E-state index in [1.54, 1.807) is 11.9 Å². The lowest BCUT2D eigenvalue weighted by atomic mass is 9.84. The molecule has 2 aliphatic rings. The van der Waals surface area contributed by atoms with Crippen LogP contribution in [0, 0.1) is 5.41 Å². The maximum absolute atomic E-state index is 13.7. The monoisotopic (exact) mass is 716 g/mol. The average molecular weight is 717 g/mol. The van der Waals surface area contributed by atoms with Gasteiger partial charge in [-0.2, -0.15) is 26.3 Å². The van der Waals surface area contributed by atoms with E-state index in [1.165, 1.54) is 10.7 Å². The normalized spacial score (nSPS) is 15.6. The number of likely N-dealkylation sites (N-methyl/N-ethyl adjacent to an activating group) is 1. The van der Waals surface area contributed by atoms with Crippen molar-refractivity contribution < 1.29 is 36.2 Å². The molecule has 0 radical (unpaired) electrons. The Morgan fingerprint density at radius 1 is 0.980 bits per heavy atom. The maximum atomic E-state index is 13.7. The van der Waals surface area contributed by atoms with Crippen LogP contribution < -0.4 is 11.0 Å². The van der Waals surface area contributed by atoms with Crippen LogP contribution in [0.2, 0.25) is 0 Å². The zero-order valence-electron chi connectivity index (χ0n) is 30.6. The van der Waals surface area contributed by atoms with Gasteiger partial charge >= 0.3 is 18.3 Å². The Morgan fingerprint density at radius 2 is 1.60 bits per heavy atom. The highest BCUT2D eigenvalue weighted by Crippen LogP contribution is 2.37. The molecule has 0 fully saturated rings. The Kier molecular flexibility index (Phi) is 15.7. The number of rotatable bonds is 15. The Balaban J connectivity index is 0.00000425. The Hall–Kier alpha value is -3.68. The fraction of sp³-hybridized carbons (Fsp3) is 0.611. The molecule has 0 unspecified atom stereocenters. The zero-order valence-corrected chi connectivity index (χ0v) is 30.6. The largest absolute Gasteiger partial charge is 0.481 e. The number of carboxylic acids is 1. The van der Waals surface area contributed by atoms with Gasteiger partial charge < -0.3 is 14.9 Å². The number of aliphatic carboxylic acids is 1. The number of guanidine groups is 1. The van der Waals surface area contributed by atoms with Crippen molar-refractivity contribution in [2.24, 2.45) is 10.5 Å². The van der Waals surface area contributed by atoms with Crippen LogP contribution in [0.4, 0.5) is 26.3 Å². The molecule has 1 aromatic carbocycles. The predicted octanol–water partition coefficient (Wildman–Crippen LogP) is 9.10. The number of hydrogen-bond acceptors (Lipinski definition) is 7. The molecule has 1 aromatic rings. The van der Waals surface area contributed by atoms with E-state index in [4.69, 9.17) is 0 Å². The van der Waals surface area contributed by atoms with Gasteiger partial charge in [-0.05, 0) is 74.3 Å². The molecule has 282 valence electrons. The zero-order chi connectivity index (χ0) is 37.9. The predicted molar refractivity (Wildman–Crippen MR) is 185 cm³/mol. The van der Waals surface area contributed by atoms with Gasteiger partial charge in [-0.25, -0.2) is 5.53 Å². The number of allylic oxidation sites excluding steroid dienone is 4. The number of halogens is 6. The average Bonchev–Trinajstić information content (AvgIpc) is 3.39. The molecule has 0 amide bonds. The molecule has 3 rings (SSSR count). The highest BCUT2D eigenvalue weighted by molar-refractivity contribution is 5.80. The number of hydrazine groups is 2. The first-order valence-electron chi connectivity index (χ1n) is 17.3. The summed E-state index contributed by atoms with van der Waals surface area (Å²) in [4.78, 5) is 15.1. The molecule has 0 atom stereocenters. The third-order valence-electron chi connectivity index (χ3n) is 8.51. The number of hydrogen-bond donors (Lipinski definition) is 3. The van der Waals surface area contributed by atoms with E-state index in [1.807, 2.05) is 41.5 Å². The van der Waals surface area contributed by atoms with Crippen LogP contribution >= 0.6 is 0 Å². The summed E-state index contributed by atoms with van der Waals surface area (Å²) < 4.78 is 82.4. The van der Waals surface area contributed by atoms with Crippen LogP contribution in [0.1, 0.15) is 110 Å².